The molecule has 1 saturated heterocycles. The zero-order chi connectivity index (χ0) is 12.5. The Bertz CT molecular complexity index is 555. The molecule has 1 fully saturated rings. The van der Waals surface area contributed by atoms with E-state index < -0.39 is 0 Å². The molecular formula is C13H14ClN3O. The first-order valence-corrected chi connectivity index (χ1v) is 6.45. The van der Waals surface area contributed by atoms with E-state index >= 15 is 0 Å². The molecule has 5 heteroatoms. The van der Waals surface area contributed by atoms with Crippen molar-refractivity contribution in [1.29, 1.82) is 0 Å². The Morgan fingerprint density at radius 3 is 3.06 bits per heavy atom. The van der Waals surface area contributed by atoms with Gasteiger partial charge in [-0.25, -0.2) is 0 Å². The van der Waals surface area contributed by atoms with E-state index in [2.05, 4.69) is 22.4 Å². The van der Waals surface area contributed by atoms with Gasteiger partial charge in [0.15, 0.2) is 0 Å². The van der Waals surface area contributed by atoms with E-state index in [1.807, 2.05) is 24.3 Å². The second kappa shape index (κ2) is 4.71. The average Bonchev–Trinajstić information content (AvgIpc) is 2.97. The maximum Gasteiger partial charge on any atom is 0.244 e. The molecule has 1 aromatic heterocycles. The van der Waals surface area contributed by atoms with E-state index in [0.717, 1.165) is 18.5 Å². The summed E-state index contributed by atoms with van der Waals surface area (Å²) in [6, 6.07) is 7.63. The van der Waals surface area contributed by atoms with Gasteiger partial charge < -0.3 is 9.84 Å². The molecule has 1 N–H and O–H groups in total. The summed E-state index contributed by atoms with van der Waals surface area (Å²) >= 11 is 5.95. The van der Waals surface area contributed by atoms with Gasteiger partial charge >= 0.3 is 0 Å². The Morgan fingerprint density at radius 2 is 2.33 bits per heavy atom. The fourth-order valence-electron chi connectivity index (χ4n) is 2.27. The number of benzene rings is 1. The van der Waals surface area contributed by atoms with E-state index in [1.54, 1.807) is 0 Å². The van der Waals surface area contributed by atoms with Crippen LogP contribution in [0.4, 0.5) is 0 Å². The molecule has 0 spiro atoms. The van der Waals surface area contributed by atoms with E-state index in [0.29, 0.717) is 22.7 Å². The van der Waals surface area contributed by atoms with Gasteiger partial charge in [0, 0.05) is 10.6 Å². The van der Waals surface area contributed by atoms with Crippen LogP contribution >= 0.6 is 11.6 Å². The molecule has 1 aromatic carbocycles. The highest BCUT2D eigenvalue weighted by Gasteiger charge is 2.29. The van der Waals surface area contributed by atoms with E-state index in [-0.39, 0.29) is 6.04 Å². The monoisotopic (exact) mass is 263 g/mol. The highest BCUT2D eigenvalue weighted by molar-refractivity contribution is 6.30. The van der Waals surface area contributed by atoms with Crippen LogP contribution in [0.1, 0.15) is 25.3 Å². The summed E-state index contributed by atoms with van der Waals surface area (Å²) in [6.07, 6.45) is 1.14. The number of hydrogen-bond acceptors (Lipinski definition) is 4. The largest absolute Gasteiger partial charge is 0.337 e. The number of nitrogens with one attached hydrogen (secondary N) is 1. The van der Waals surface area contributed by atoms with Gasteiger partial charge in [-0.3, -0.25) is 0 Å². The lowest BCUT2D eigenvalue weighted by Crippen LogP contribution is -2.16. The molecule has 2 atom stereocenters. The van der Waals surface area contributed by atoms with Crippen molar-refractivity contribution in [3.05, 3.63) is 35.2 Å². The lowest BCUT2D eigenvalue weighted by molar-refractivity contribution is 0.319. The molecule has 18 heavy (non-hydrogen) atoms. The molecule has 2 heterocycles. The van der Waals surface area contributed by atoms with Crippen LogP contribution in [0.25, 0.3) is 11.4 Å². The third-order valence-corrected chi connectivity index (χ3v) is 3.56. The number of aromatic nitrogens is 2. The Labute approximate surface area is 110 Å². The molecule has 0 bridgehead atoms. The third-order valence-electron chi connectivity index (χ3n) is 3.32. The first kappa shape index (κ1) is 11.7. The lowest BCUT2D eigenvalue weighted by atomic mass is 10.0. The maximum atomic E-state index is 5.95. The molecule has 3 rings (SSSR count). The molecule has 94 valence electrons. The van der Waals surface area contributed by atoms with Crippen molar-refractivity contribution in [1.82, 2.24) is 15.5 Å². The standard InChI is InChI=1S/C13H14ClN3O/c1-8-5-6-15-11(8)13-16-12(17-18-13)9-3-2-4-10(14)7-9/h2-4,7-8,11,15H,5-6H2,1H3. The predicted octanol–water partition coefficient (Wildman–Crippen LogP) is 3.06. The van der Waals surface area contributed by atoms with Crippen molar-refractivity contribution in [2.75, 3.05) is 6.54 Å². The molecule has 2 unspecified atom stereocenters. The fourth-order valence-corrected chi connectivity index (χ4v) is 2.46. The van der Waals surface area contributed by atoms with Crippen LogP contribution in [0.3, 0.4) is 0 Å². The number of hydrogen-bond donors (Lipinski definition) is 1. The minimum absolute atomic E-state index is 0.172. The average molecular weight is 264 g/mol. The predicted molar refractivity (Wildman–Crippen MR) is 69.3 cm³/mol. The van der Waals surface area contributed by atoms with Crippen LogP contribution < -0.4 is 5.32 Å². The number of nitrogens with zero attached hydrogens (tertiary/aromatic N) is 2. The highest BCUT2D eigenvalue weighted by atomic mass is 35.5. The van der Waals surface area contributed by atoms with Crippen LogP contribution in [-0.2, 0) is 0 Å². The molecule has 0 aliphatic carbocycles. The third kappa shape index (κ3) is 2.13. The lowest BCUT2D eigenvalue weighted by Gasteiger charge is -2.09. The van der Waals surface area contributed by atoms with Crippen LogP contribution in [0.2, 0.25) is 5.02 Å². The first-order chi connectivity index (χ1) is 8.74. The Kier molecular flexibility index (Phi) is 3.06. The van der Waals surface area contributed by atoms with Gasteiger partial charge in [-0.1, -0.05) is 35.8 Å². The summed E-state index contributed by atoms with van der Waals surface area (Å²) in [5, 5.41) is 8.07. The fraction of sp³-hybridized carbons (Fsp3) is 0.385. The van der Waals surface area contributed by atoms with Crippen molar-refractivity contribution in [3.8, 4) is 11.4 Å². The van der Waals surface area contributed by atoms with Gasteiger partial charge in [0.05, 0.1) is 6.04 Å². The Morgan fingerprint density at radius 1 is 1.44 bits per heavy atom. The van der Waals surface area contributed by atoms with Crippen molar-refractivity contribution < 1.29 is 4.52 Å². The molecule has 0 amide bonds. The van der Waals surface area contributed by atoms with Crippen LogP contribution in [0.15, 0.2) is 28.8 Å². The van der Waals surface area contributed by atoms with Crippen molar-refractivity contribution in [2.45, 2.75) is 19.4 Å². The summed E-state index contributed by atoms with van der Waals surface area (Å²) in [5.74, 6) is 1.78. The molecule has 1 aliphatic heterocycles. The van der Waals surface area contributed by atoms with E-state index in [4.69, 9.17) is 16.1 Å². The van der Waals surface area contributed by atoms with Crippen LogP contribution in [-0.4, -0.2) is 16.7 Å². The second-order valence-corrected chi connectivity index (χ2v) is 5.10. The smallest absolute Gasteiger partial charge is 0.244 e. The van der Waals surface area contributed by atoms with Crippen LogP contribution in [0.5, 0.6) is 0 Å². The molecule has 0 radical (unpaired) electrons. The van der Waals surface area contributed by atoms with Crippen molar-refractivity contribution >= 4 is 11.6 Å². The zero-order valence-corrected chi connectivity index (χ0v) is 10.8. The zero-order valence-electron chi connectivity index (χ0n) is 10.1. The summed E-state index contributed by atoms with van der Waals surface area (Å²) in [4.78, 5) is 4.46. The minimum atomic E-state index is 0.172. The molecule has 0 saturated carbocycles. The summed E-state index contributed by atoms with van der Waals surface area (Å²) in [7, 11) is 0. The Hall–Kier alpha value is -1.39. The minimum Gasteiger partial charge on any atom is -0.337 e. The number of halogens is 1. The molecule has 2 aromatic rings. The van der Waals surface area contributed by atoms with Gasteiger partial charge in [-0.2, -0.15) is 4.98 Å². The molecule has 1 aliphatic rings. The molecule has 4 nitrogen and oxygen atoms in total. The SMILES string of the molecule is CC1CCNC1c1nc(-c2cccc(Cl)c2)no1. The Balaban J connectivity index is 1.89. The van der Waals surface area contributed by atoms with Gasteiger partial charge in [-0.15, -0.1) is 0 Å². The summed E-state index contributed by atoms with van der Waals surface area (Å²) in [5.41, 5.74) is 0.878. The van der Waals surface area contributed by atoms with Gasteiger partial charge in [0.1, 0.15) is 0 Å². The first-order valence-electron chi connectivity index (χ1n) is 6.07. The van der Waals surface area contributed by atoms with E-state index in [9.17, 15) is 0 Å². The number of rotatable bonds is 2. The van der Waals surface area contributed by atoms with Crippen molar-refractivity contribution in [2.24, 2.45) is 5.92 Å². The molecular weight excluding hydrogens is 250 g/mol. The van der Waals surface area contributed by atoms with Gasteiger partial charge in [0.2, 0.25) is 11.7 Å². The van der Waals surface area contributed by atoms with Crippen LogP contribution in [0, 0.1) is 5.92 Å². The van der Waals surface area contributed by atoms with Gasteiger partial charge in [0.25, 0.3) is 0 Å². The highest BCUT2D eigenvalue weighted by Crippen LogP contribution is 2.29. The van der Waals surface area contributed by atoms with E-state index in [1.165, 1.54) is 0 Å². The van der Waals surface area contributed by atoms with Gasteiger partial charge in [-0.05, 0) is 31.0 Å². The van der Waals surface area contributed by atoms with Crippen molar-refractivity contribution in [3.63, 3.8) is 0 Å². The normalized spacial score (nSPS) is 23.4. The quantitative estimate of drug-likeness (QED) is 0.905. The second-order valence-electron chi connectivity index (χ2n) is 4.66. The summed E-state index contributed by atoms with van der Waals surface area (Å²) in [6.45, 7) is 3.19. The summed E-state index contributed by atoms with van der Waals surface area (Å²) < 4.78 is 5.35. The maximum absolute atomic E-state index is 5.95. The topological polar surface area (TPSA) is 51.0 Å².